The van der Waals surface area contributed by atoms with E-state index in [2.05, 4.69) is 72.7 Å². The van der Waals surface area contributed by atoms with Gasteiger partial charge in [0.05, 0.1) is 11.6 Å². The molecule has 0 atom stereocenters. The molecular weight excluding hydrogens is 368 g/mol. The van der Waals surface area contributed by atoms with Crippen molar-refractivity contribution in [3.63, 3.8) is 0 Å². The zero-order valence-corrected chi connectivity index (χ0v) is 15.3. The Labute approximate surface area is 149 Å². The van der Waals surface area contributed by atoms with Crippen molar-refractivity contribution in [2.75, 3.05) is 5.43 Å². The van der Waals surface area contributed by atoms with Crippen LogP contribution in [-0.2, 0) is 13.5 Å². The standard InChI is InChI=1S/C17H19BrN6/c1-3-14(9-6-12-4-7-13(18)8-5-12)22-23-16-15-10-21-24(2)17(15)20-11-19-16/h4-5,7-8,10-11H,3,6,9H2,1-2H3,(H,19,20,23)/b22-14+. The van der Waals surface area contributed by atoms with Crippen molar-refractivity contribution in [2.45, 2.75) is 26.2 Å². The molecule has 3 rings (SSSR count). The minimum Gasteiger partial charge on any atom is -0.261 e. The topological polar surface area (TPSA) is 68.0 Å². The number of hydrogen-bond acceptors (Lipinski definition) is 5. The van der Waals surface area contributed by atoms with Gasteiger partial charge in [-0.3, -0.25) is 10.1 Å². The van der Waals surface area contributed by atoms with Gasteiger partial charge >= 0.3 is 0 Å². The highest BCUT2D eigenvalue weighted by Gasteiger charge is 2.07. The number of benzene rings is 1. The molecule has 0 saturated carbocycles. The number of anilines is 1. The molecule has 0 aliphatic carbocycles. The van der Waals surface area contributed by atoms with E-state index >= 15 is 0 Å². The number of nitrogens with zero attached hydrogens (tertiary/aromatic N) is 5. The Morgan fingerprint density at radius 1 is 1.25 bits per heavy atom. The first-order chi connectivity index (χ1) is 11.7. The summed E-state index contributed by atoms with van der Waals surface area (Å²) in [5.74, 6) is 0.683. The summed E-state index contributed by atoms with van der Waals surface area (Å²) in [5, 5.41) is 9.61. The third-order valence-corrected chi connectivity index (χ3v) is 4.40. The first-order valence-electron chi connectivity index (χ1n) is 7.86. The number of fused-ring (bicyclic) bond motifs is 1. The lowest BCUT2D eigenvalue weighted by Gasteiger charge is -2.06. The van der Waals surface area contributed by atoms with E-state index in [0.717, 1.165) is 40.5 Å². The van der Waals surface area contributed by atoms with Gasteiger partial charge in [-0.05, 0) is 37.0 Å². The predicted molar refractivity (Wildman–Crippen MR) is 100 cm³/mol. The van der Waals surface area contributed by atoms with Crippen LogP contribution >= 0.6 is 15.9 Å². The first kappa shape index (κ1) is 16.6. The lowest BCUT2D eigenvalue weighted by Crippen LogP contribution is -2.04. The highest BCUT2D eigenvalue weighted by atomic mass is 79.9. The van der Waals surface area contributed by atoms with E-state index < -0.39 is 0 Å². The normalized spacial score (nSPS) is 11.9. The summed E-state index contributed by atoms with van der Waals surface area (Å²) in [4.78, 5) is 8.50. The fourth-order valence-electron chi connectivity index (χ4n) is 2.43. The maximum atomic E-state index is 4.53. The van der Waals surface area contributed by atoms with Gasteiger partial charge in [-0.1, -0.05) is 35.0 Å². The zero-order chi connectivity index (χ0) is 16.9. The molecule has 1 N–H and O–H groups in total. The molecule has 0 spiro atoms. The predicted octanol–water partition coefficient (Wildman–Crippen LogP) is 3.94. The second kappa shape index (κ2) is 7.53. The Bertz CT molecular complexity index is 853. The molecule has 0 unspecified atom stereocenters. The molecule has 2 aromatic heterocycles. The van der Waals surface area contributed by atoms with Crippen LogP contribution < -0.4 is 5.43 Å². The fourth-order valence-corrected chi connectivity index (χ4v) is 2.70. The summed E-state index contributed by atoms with van der Waals surface area (Å²) >= 11 is 3.46. The Kier molecular flexibility index (Phi) is 5.20. The molecule has 0 radical (unpaired) electrons. The SMILES string of the molecule is CC/C(CCc1ccc(Br)cc1)=N\Nc1ncnc2c1cnn2C. The number of hydrazone groups is 1. The smallest absolute Gasteiger partial charge is 0.163 e. The summed E-state index contributed by atoms with van der Waals surface area (Å²) in [6, 6.07) is 8.40. The van der Waals surface area contributed by atoms with Crippen LogP contribution in [-0.4, -0.2) is 25.5 Å². The summed E-state index contributed by atoms with van der Waals surface area (Å²) in [6.07, 6.45) is 6.04. The minimum atomic E-state index is 0.683. The van der Waals surface area contributed by atoms with Crippen molar-refractivity contribution in [2.24, 2.45) is 12.1 Å². The minimum absolute atomic E-state index is 0.683. The van der Waals surface area contributed by atoms with Gasteiger partial charge < -0.3 is 0 Å². The van der Waals surface area contributed by atoms with E-state index in [0.29, 0.717) is 5.82 Å². The Balaban J connectivity index is 1.69. The molecule has 24 heavy (non-hydrogen) atoms. The summed E-state index contributed by atoms with van der Waals surface area (Å²) < 4.78 is 2.82. The van der Waals surface area contributed by atoms with E-state index in [1.807, 2.05) is 7.05 Å². The number of aryl methyl sites for hydroxylation is 2. The Morgan fingerprint density at radius 2 is 2.04 bits per heavy atom. The van der Waals surface area contributed by atoms with Crippen molar-refractivity contribution < 1.29 is 0 Å². The molecule has 0 aliphatic heterocycles. The number of halogens is 1. The molecule has 6 nitrogen and oxygen atoms in total. The maximum Gasteiger partial charge on any atom is 0.163 e. The van der Waals surface area contributed by atoms with Crippen molar-refractivity contribution in [3.05, 3.63) is 46.8 Å². The number of aromatic nitrogens is 4. The molecule has 0 bridgehead atoms. The van der Waals surface area contributed by atoms with Gasteiger partial charge in [0, 0.05) is 17.2 Å². The molecule has 124 valence electrons. The highest BCUT2D eigenvalue weighted by Crippen LogP contribution is 2.18. The number of hydrogen-bond donors (Lipinski definition) is 1. The van der Waals surface area contributed by atoms with Crippen LogP contribution in [0.25, 0.3) is 11.0 Å². The van der Waals surface area contributed by atoms with E-state index in [1.54, 1.807) is 10.9 Å². The largest absolute Gasteiger partial charge is 0.261 e. The lowest BCUT2D eigenvalue weighted by molar-refractivity contribution is 0.785. The summed E-state index contributed by atoms with van der Waals surface area (Å²) in [7, 11) is 1.86. The van der Waals surface area contributed by atoms with Gasteiger partial charge in [0.1, 0.15) is 6.33 Å². The summed E-state index contributed by atoms with van der Waals surface area (Å²) in [6.45, 7) is 2.11. The maximum absolute atomic E-state index is 4.53. The van der Waals surface area contributed by atoms with Crippen LogP contribution in [0.1, 0.15) is 25.3 Å². The van der Waals surface area contributed by atoms with Crippen LogP contribution in [0, 0.1) is 0 Å². The monoisotopic (exact) mass is 386 g/mol. The van der Waals surface area contributed by atoms with E-state index in [4.69, 9.17) is 0 Å². The van der Waals surface area contributed by atoms with Gasteiger partial charge in [0.2, 0.25) is 0 Å². The van der Waals surface area contributed by atoms with Crippen LogP contribution in [0.5, 0.6) is 0 Å². The lowest BCUT2D eigenvalue weighted by atomic mass is 10.1. The Morgan fingerprint density at radius 3 is 2.79 bits per heavy atom. The van der Waals surface area contributed by atoms with Crippen LogP contribution in [0.15, 0.2) is 46.4 Å². The van der Waals surface area contributed by atoms with Gasteiger partial charge in [0.25, 0.3) is 0 Å². The van der Waals surface area contributed by atoms with Crippen molar-refractivity contribution in [1.29, 1.82) is 0 Å². The van der Waals surface area contributed by atoms with Gasteiger partial charge in [-0.15, -0.1) is 0 Å². The average Bonchev–Trinajstić information content (AvgIpc) is 2.98. The molecule has 7 heteroatoms. The fraction of sp³-hybridized carbons (Fsp3) is 0.294. The second-order valence-electron chi connectivity index (χ2n) is 5.50. The number of nitrogens with one attached hydrogen (secondary N) is 1. The van der Waals surface area contributed by atoms with Crippen LogP contribution in [0.2, 0.25) is 0 Å². The van der Waals surface area contributed by atoms with E-state index in [9.17, 15) is 0 Å². The third kappa shape index (κ3) is 3.79. The molecule has 0 amide bonds. The molecule has 2 heterocycles. The molecule has 3 aromatic rings. The Hall–Kier alpha value is -2.28. The molecule has 0 aliphatic rings. The van der Waals surface area contributed by atoms with E-state index in [1.165, 1.54) is 11.9 Å². The number of rotatable bonds is 6. The molecular formula is C17H19BrN6. The van der Waals surface area contributed by atoms with Crippen molar-refractivity contribution in [3.8, 4) is 0 Å². The molecule has 0 saturated heterocycles. The van der Waals surface area contributed by atoms with Gasteiger partial charge in [-0.25, -0.2) is 9.97 Å². The van der Waals surface area contributed by atoms with Crippen LogP contribution in [0.3, 0.4) is 0 Å². The van der Waals surface area contributed by atoms with E-state index in [-0.39, 0.29) is 0 Å². The van der Waals surface area contributed by atoms with Crippen LogP contribution in [0.4, 0.5) is 5.82 Å². The summed E-state index contributed by atoms with van der Waals surface area (Å²) in [5.41, 5.74) is 6.27. The molecule has 0 fully saturated rings. The van der Waals surface area contributed by atoms with Crippen molar-refractivity contribution >= 4 is 38.5 Å². The zero-order valence-electron chi connectivity index (χ0n) is 13.7. The van der Waals surface area contributed by atoms with Crippen molar-refractivity contribution in [1.82, 2.24) is 19.7 Å². The van der Waals surface area contributed by atoms with Gasteiger partial charge in [-0.2, -0.15) is 10.2 Å². The highest BCUT2D eigenvalue weighted by molar-refractivity contribution is 9.10. The van der Waals surface area contributed by atoms with Gasteiger partial charge in [0.15, 0.2) is 11.5 Å². The quantitative estimate of drug-likeness (QED) is 0.514. The average molecular weight is 387 g/mol. The molecule has 1 aromatic carbocycles. The second-order valence-corrected chi connectivity index (χ2v) is 6.41. The third-order valence-electron chi connectivity index (χ3n) is 3.87. The first-order valence-corrected chi connectivity index (χ1v) is 8.65.